The van der Waals surface area contributed by atoms with E-state index in [0.717, 1.165) is 109 Å². The molecular formula is C74H122O6. The first-order valence-corrected chi connectivity index (χ1v) is 33.2. The van der Waals surface area contributed by atoms with Crippen molar-refractivity contribution in [3.63, 3.8) is 0 Å². The molecule has 80 heavy (non-hydrogen) atoms. The molecule has 6 heteroatoms. The van der Waals surface area contributed by atoms with E-state index in [9.17, 15) is 14.4 Å². The van der Waals surface area contributed by atoms with Gasteiger partial charge in [0.25, 0.3) is 0 Å². The fourth-order valence-electron chi connectivity index (χ4n) is 9.03. The third kappa shape index (κ3) is 64.4. The van der Waals surface area contributed by atoms with Crippen LogP contribution in [0.2, 0.25) is 0 Å². The third-order valence-corrected chi connectivity index (χ3v) is 13.9. The molecule has 0 spiro atoms. The lowest BCUT2D eigenvalue weighted by Gasteiger charge is -2.18. The Balaban J connectivity index is 4.30. The molecule has 0 saturated heterocycles. The highest BCUT2D eigenvalue weighted by Gasteiger charge is 2.19. The molecule has 0 aliphatic rings. The van der Waals surface area contributed by atoms with Crippen LogP contribution < -0.4 is 0 Å². The smallest absolute Gasteiger partial charge is 0.306 e. The Hall–Kier alpha value is -4.45. The Morgan fingerprint density at radius 3 is 0.812 bits per heavy atom. The molecule has 0 heterocycles. The van der Waals surface area contributed by atoms with Crippen LogP contribution >= 0.6 is 0 Å². The number of esters is 3. The van der Waals surface area contributed by atoms with Crippen molar-refractivity contribution in [2.24, 2.45) is 0 Å². The van der Waals surface area contributed by atoms with Gasteiger partial charge in [-0.3, -0.25) is 14.4 Å². The van der Waals surface area contributed by atoms with Gasteiger partial charge >= 0.3 is 17.9 Å². The molecule has 0 amide bonds. The summed E-state index contributed by atoms with van der Waals surface area (Å²) in [7, 11) is 0. The van der Waals surface area contributed by atoms with Crippen LogP contribution in [0, 0.1) is 0 Å². The number of rotatable bonds is 59. The summed E-state index contributed by atoms with van der Waals surface area (Å²) in [5.41, 5.74) is 0. The predicted molar refractivity (Wildman–Crippen MR) is 348 cm³/mol. The van der Waals surface area contributed by atoms with Gasteiger partial charge in [-0.25, -0.2) is 0 Å². The number of ether oxygens (including phenoxy) is 3. The molecule has 6 nitrogen and oxygen atoms in total. The summed E-state index contributed by atoms with van der Waals surface area (Å²) in [6.45, 7) is 6.36. The van der Waals surface area contributed by atoms with Crippen molar-refractivity contribution >= 4 is 17.9 Å². The molecule has 454 valence electrons. The van der Waals surface area contributed by atoms with Crippen LogP contribution in [0.1, 0.15) is 297 Å². The SMILES string of the molecule is CC/C=C\C/C=C\C/C=C\C/C=C\C/C=C\C/C=C\CCC(=O)OC(COC(=O)CCCCCCCCCCCCCC)COC(=O)CCCCCCCCCCCCCCCCC/C=C\C/C=C\C/C=C\C/C=C\C/C=C\CC. The van der Waals surface area contributed by atoms with Gasteiger partial charge in [0.05, 0.1) is 0 Å². The average molecular weight is 1110 g/mol. The minimum absolute atomic E-state index is 0.108. The first kappa shape index (κ1) is 75.5. The summed E-state index contributed by atoms with van der Waals surface area (Å²) in [5.74, 6) is -0.987. The van der Waals surface area contributed by atoms with Crippen LogP contribution in [-0.4, -0.2) is 37.2 Å². The maximum Gasteiger partial charge on any atom is 0.306 e. The van der Waals surface area contributed by atoms with Crippen molar-refractivity contribution < 1.29 is 28.6 Å². The number of carbonyl (C=O) groups is 3. The molecule has 0 radical (unpaired) electrons. The predicted octanol–water partition coefficient (Wildman–Crippen LogP) is 22.9. The average Bonchev–Trinajstić information content (AvgIpc) is 3.46. The normalized spacial score (nSPS) is 13.0. The third-order valence-electron chi connectivity index (χ3n) is 13.9. The highest BCUT2D eigenvalue weighted by atomic mass is 16.6. The van der Waals surface area contributed by atoms with Crippen LogP contribution in [-0.2, 0) is 28.6 Å². The molecule has 0 N–H and O–H groups in total. The summed E-state index contributed by atoms with van der Waals surface area (Å²) >= 11 is 0. The van der Waals surface area contributed by atoms with E-state index in [1.807, 2.05) is 6.08 Å². The molecule has 0 aromatic heterocycles. The summed E-state index contributed by atoms with van der Waals surface area (Å²) in [6, 6.07) is 0. The lowest BCUT2D eigenvalue weighted by Crippen LogP contribution is -2.30. The molecule has 1 atom stereocenters. The number of unbranched alkanes of at least 4 members (excludes halogenated alkanes) is 26. The van der Waals surface area contributed by atoms with Gasteiger partial charge in [-0.05, 0) is 103 Å². The molecule has 0 bridgehead atoms. The van der Waals surface area contributed by atoms with Gasteiger partial charge in [0.15, 0.2) is 6.10 Å². The fourth-order valence-corrected chi connectivity index (χ4v) is 9.03. The second-order valence-electron chi connectivity index (χ2n) is 21.6. The van der Waals surface area contributed by atoms with E-state index < -0.39 is 12.1 Å². The zero-order valence-corrected chi connectivity index (χ0v) is 52.0. The van der Waals surface area contributed by atoms with Gasteiger partial charge in [-0.15, -0.1) is 0 Å². The Kier molecular flexibility index (Phi) is 63.3. The standard InChI is InChI=1S/C74H122O6/c1-4-7-10-13-16-19-22-25-27-29-31-32-33-34-35-36-37-38-39-40-41-42-44-45-47-49-52-55-58-61-64-67-73(76)79-70-71(69-78-72(75)66-63-60-57-54-51-24-21-18-15-12-9-6-3)80-74(77)68-65-62-59-56-53-50-48-46-43-30-28-26-23-20-17-14-11-8-5-2/h7-8,10-11,16-17,19-20,25-28,31-32,34-35,43,46,50,53,59,62,71H,4-6,9,12-15,18,21-24,29-30,33,36-42,44-45,47-49,51-52,54-58,60-61,63-70H2,1-3H3/b10-7-,11-8-,19-16-,20-17-,27-25-,28-26-,32-31-,35-34-,46-43-,53-50-,62-59-. The maximum absolute atomic E-state index is 12.9. The lowest BCUT2D eigenvalue weighted by molar-refractivity contribution is -0.166. The topological polar surface area (TPSA) is 78.9 Å². The zero-order valence-electron chi connectivity index (χ0n) is 52.0. The second kappa shape index (κ2) is 67.1. The first-order valence-electron chi connectivity index (χ1n) is 33.2. The minimum atomic E-state index is -0.821. The molecule has 0 fully saturated rings. The van der Waals surface area contributed by atoms with E-state index in [-0.39, 0.29) is 31.6 Å². The summed E-state index contributed by atoms with van der Waals surface area (Å²) < 4.78 is 16.8. The number of carbonyl (C=O) groups excluding carboxylic acids is 3. The largest absolute Gasteiger partial charge is 0.462 e. The Bertz CT molecular complexity index is 1700. The van der Waals surface area contributed by atoms with Crippen molar-refractivity contribution in [2.45, 2.75) is 303 Å². The van der Waals surface area contributed by atoms with Crippen LogP contribution in [0.3, 0.4) is 0 Å². The van der Waals surface area contributed by atoms with Crippen molar-refractivity contribution in [2.75, 3.05) is 13.2 Å². The summed E-state index contributed by atoms with van der Waals surface area (Å²) in [5, 5.41) is 0. The summed E-state index contributed by atoms with van der Waals surface area (Å²) in [4.78, 5) is 38.3. The van der Waals surface area contributed by atoms with Crippen LogP contribution in [0.25, 0.3) is 0 Å². The molecule has 0 aliphatic heterocycles. The van der Waals surface area contributed by atoms with Crippen LogP contribution in [0.5, 0.6) is 0 Å². The van der Waals surface area contributed by atoms with Gasteiger partial charge in [0.2, 0.25) is 0 Å². The molecule has 0 aromatic carbocycles. The van der Waals surface area contributed by atoms with E-state index >= 15 is 0 Å². The van der Waals surface area contributed by atoms with Crippen LogP contribution in [0.15, 0.2) is 134 Å². The number of hydrogen-bond donors (Lipinski definition) is 0. The second-order valence-corrected chi connectivity index (χ2v) is 21.6. The maximum atomic E-state index is 12.9. The van der Waals surface area contributed by atoms with E-state index in [0.29, 0.717) is 19.3 Å². The lowest BCUT2D eigenvalue weighted by atomic mass is 10.0. The molecule has 0 aliphatic carbocycles. The molecule has 0 rings (SSSR count). The van der Waals surface area contributed by atoms with Crippen LogP contribution in [0.4, 0.5) is 0 Å². The van der Waals surface area contributed by atoms with Crippen molar-refractivity contribution in [3.8, 4) is 0 Å². The zero-order chi connectivity index (χ0) is 57.8. The highest BCUT2D eigenvalue weighted by molar-refractivity contribution is 5.71. The van der Waals surface area contributed by atoms with Gasteiger partial charge in [-0.1, -0.05) is 309 Å². The molecule has 0 aromatic rings. The van der Waals surface area contributed by atoms with Gasteiger partial charge in [-0.2, -0.15) is 0 Å². The number of allylic oxidation sites excluding steroid dienone is 22. The quantitative estimate of drug-likeness (QED) is 0.0261. The van der Waals surface area contributed by atoms with E-state index in [1.54, 1.807) is 0 Å². The van der Waals surface area contributed by atoms with Gasteiger partial charge in [0, 0.05) is 19.3 Å². The van der Waals surface area contributed by atoms with Crippen molar-refractivity contribution in [3.05, 3.63) is 134 Å². The Morgan fingerprint density at radius 1 is 0.263 bits per heavy atom. The Morgan fingerprint density at radius 2 is 0.512 bits per heavy atom. The highest BCUT2D eigenvalue weighted by Crippen LogP contribution is 2.16. The minimum Gasteiger partial charge on any atom is -0.462 e. The monoisotopic (exact) mass is 1110 g/mol. The van der Waals surface area contributed by atoms with E-state index in [1.165, 1.54) is 141 Å². The molecule has 1 unspecified atom stereocenters. The molecular weight excluding hydrogens is 985 g/mol. The van der Waals surface area contributed by atoms with E-state index in [2.05, 4.69) is 148 Å². The fraction of sp³-hybridized carbons (Fsp3) is 0.662. The van der Waals surface area contributed by atoms with Gasteiger partial charge in [0.1, 0.15) is 13.2 Å². The molecule has 0 saturated carbocycles. The number of hydrogen-bond acceptors (Lipinski definition) is 6. The summed E-state index contributed by atoms with van der Waals surface area (Å²) in [6.07, 6.45) is 94.8. The Labute approximate surface area is 494 Å². The van der Waals surface area contributed by atoms with E-state index in [4.69, 9.17) is 14.2 Å². The van der Waals surface area contributed by atoms with Crippen molar-refractivity contribution in [1.29, 1.82) is 0 Å². The van der Waals surface area contributed by atoms with Gasteiger partial charge < -0.3 is 14.2 Å². The first-order chi connectivity index (χ1) is 39.5. The van der Waals surface area contributed by atoms with Crippen molar-refractivity contribution in [1.82, 2.24) is 0 Å².